The molecule has 11 heteroatoms. The summed E-state index contributed by atoms with van der Waals surface area (Å²) in [5.41, 5.74) is 0. The zero-order valence-corrected chi connectivity index (χ0v) is 9.29. The summed E-state index contributed by atoms with van der Waals surface area (Å²) in [5.74, 6) is -12.5. The molecular weight excluding hydrogens is 284 g/mol. The van der Waals surface area contributed by atoms with Crippen molar-refractivity contribution in [2.24, 2.45) is 0 Å². The summed E-state index contributed by atoms with van der Waals surface area (Å²) in [7, 11) is -5.89. The van der Waals surface area contributed by atoms with Crippen LogP contribution in [0.4, 0.5) is 30.7 Å². The van der Waals surface area contributed by atoms with Crippen molar-refractivity contribution in [2.75, 3.05) is 0 Å². The van der Waals surface area contributed by atoms with E-state index in [1.807, 2.05) is 0 Å². The fourth-order valence-corrected chi connectivity index (χ4v) is 1.25. The van der Waals surface area contributed by atoms with E-state index in [4.69, 9.17) is 9.79 Å². The molecule has 0 unspecified atom stereocenters. The van der Waals surface area contributed by atoms with Gasteiger partial charge in [0.2, 0.25) is 0 Å². The van der Waals surface area contributed by atoms with Gasteiger partial charge >= 0.3 is 25.6 Å². The molecule has 0 aliphatic rings. The van der Waals surface area contributed by atoms with Crippen molar-refractivity contribution >= 4 is 7.60 Å². The normalized spacial score (nSPS) is 16.2. The number of halogens is 7. The van der Waals surface area contributed by atoms with Crippen molar-refractivity contribution in [1.82, 2.24) is 0 Å². The van der Waals surface area contributed by atoms with Crippen molar-refractivity contribution in [1.29, 1.82) is 0 Å². The van der Waals surface area contributed by atoms with Crippen LogP contribution in [0.1, 0.15) is 13.8 Å². The van der Waals surface area contributed by atoms with Crippen LogP contribution in [-0.2, 0) is 4.57 Å². The zero-order valence-electron chi connectivity index (χ0n) is 8.40. The second-order valence-electron chi connectivity index (χ2n) is 3.75. The van der Waals surface area contributed by atoms with Crippen molar-refractivity contribution in [3.05, 3.63) is 0 Å². The van der Waals surface area contributed by atoms with E-state index in [-0.39, 0.29) is 13.8 Å². The van der Waals surface area contributed by atoms with Crippen LogP contribution in [0.15, 0.2) is 0 Å². The molecule has 0 radical (unpaired) electrons. The molecule has 2 N–H and O–H groups in total. The molecule has 0 spiro atoms. The number of alkyl halides is 7. The SMILES string of the molecule is CC(C)(C(F)(F)C(F)(F)C(F)(F)F)P(=O)(O)O. The molecule has 0 bridgehead atoms. The minimum absolute atomic E-state index is 0.0621. The second-order valence-corrected chi connectivity index (χ2v) is 5.96. The van der Waals surface area contributed by atoms with Gasteiger partial charge in [-0.3, -0.25) is 4.57 Å². The summed E-state index contributed by atoms with van der Waals surface area (Å²) in [5, 5.41) is -3.86. The highest BCUT2D eigenvalue weighted by molar-refractivity contribution is 7.53. The Balaban J connectivity index is 5.82. The minimum Gasteiger partial charge on any atom is -0.324 e. The van der Waals surface area contributed by atoms with Crippen LogP contribution < -0.4 is 0 Å². The Morgan fingerprint density at radius 3 is 1.29 bits per heavy atom. The average Bonchev–Trinajstić information content (AvgIpc) is 1.98. The molecular formula is C6H8F7O3P. The Bertz CT molecular complexity index is 342. The summed E-state index contributed by atoms with van der Waals surface area (Å²) in [6, 6.07) is 0. The number of hydrogen-bond acceptors (Lipinski definition) is 1. The minimum atomic E-state index is -6.62. The Kier molecular flexibility index (Phi) is 3.75. The predicted octanol–water partition coefficient (Wildman–Crippen LogP) is 2.78. The van der Waals surface area contributed by atoms with Gasteiger partial charge in [-0.2, -0.15) is 30.7 Å². The Hall–Kier alpha value is -0.340. The first-order chi connectivity index (χ1) is 7.00. The Morgan fingerprint density at radius 2 is 1.12 bits per heavy atom. The highest BCUT2D eigenvalue weighted by Gasteiger charge is 2.80. The molecule has 0 aromatic carbocycles. The molecule has 0 aliphatic carbocycles. The molecule has 0 aliphatic heterocycles. The van der Waals surface area contributed by atoms with E-state index in [1.54, 1.807) is 0 Å². The van der Waals surface area contributed by atoms with Crippen LogP contribution in [-0.4, -0.2) is 33.0 Å². The van der Waals surface area contributed by atoms with E-state index in [9.17, 15) is 35.3 Å². The summed E-state index contributed by atoms with van der Waals surface area (Å²) >= 11 is 0. The molecule has 3 nitrogen and oxygen atoms in total. The predicted molar refractivity (Wildman–Crippen MR) is 42.1 cm³/mol. The standard InChI is InChI=1S/C6H8F7O3P/c1-3(2,17(14,15)16)4(7,8)5(9,10)6(11,12)13/h1-2H3,(H2,14,15,16). The summed E-state index contributed by atoms with van der Waals surface area (Å²) in [6.07, 6.45) is -6.62. The van der Waals surface area contributed by atoms with Crippen molar-refractivity contribution in [3.63, 3.8) is 0 Å². The molecule has 0 aromatic rings. The lowest BCUT2D eigenvalue weighted by molar-refractivity contribution is -0.361. The molecule has 0 rings (SSSR count). The van der Waals surface area contributed by atoms with Crippen molar-refractivity contribution in [2.45, 2.75) is 37.0 Å². The zero-order chi connectivity index (χ0) is 14.5. The fourth-order valence-electron chi connectivity index (χ4n) is 0.745. The molecule has 0 heterocycles. The van der Waals surface area contributed by atoms with Crippen molar-refractivity contribution < 1.29 is 45.1 Å². The van der Waals surface area contributed by atoms with Gasteiger partial charge in [-0.15, -0.1) is 0 Å². The maximum atomic E-state index is 13.0. The van der Waals surface area contributed by atoms with Gasteiger partial charge in [-0.1, -0.05) is 0 Å². The quantitative estimate of drug-likeness (QED) is 0.621. The summed E-state index contributed by atoms with van der Waals surface area (Å²) in [6.45, 7) is -0.124. The van der Waals surface area contributed by atoms with Gasteiger partial charge in [0.05, 0.1) is 0 Å². The first-order valence-corrected chi connectivity index (χ1v) is 5.49. The van der Waals surface area contributed by atoms with E-state index in [0.29, 0.717) is 0 Å². The molecule has 0 amide bonds. The topological polar surface area (TPSA) is 57.5 Å². The lowest BCUT2D eigenvalue weighted by Crippen LogP contribution is -2.61. The molecule has 0 saturated heterocycles. The van der Waals surface area contributed by atoms with Crippen LogP contribution in [0.3, 0.4) is 0 Å². The Labute approximate surface area is 90.8 Å². The number of rotatable bonds is 3. The Morgan fingerprint density at radius 1 is 0.824 bits per heavy atom. The van der Waals surface area contributed by atoms with E-state index in [2.05, 4.69) is 0 Å². The van der Waals surface area contributed by atoms with Crippen LogP contribution in [0.2, 0.25) is 0 Å². The highest BCUT2D eigenvalue weighted by atomic mass is 31.2. The smallest absolute Gasteiger partial charge is 0.324 e. The van der Waals surface area contributed by atoms with Gasteiger partial charge < -0.3 is 9.79 Å². The number of hydrogen-bond donors (Lipinski definition) is 2. The lowest BCUT2D eigenvalue weighted by Gasteiger charge is -2.39. The third kappa shape index (κ3) is 2.30. The maximum Gasteiger partial charge on any atom is 0.459 e. The van der Waals surface area contributed by atoms with E-state index < -0.39 is 30.8 Å². The highest BCUT2D eigenvalue weighted by Crippen LogP contribution is 2.63. The molecule has 104 valence electrons. The average molecular weight is 292 g/mol. The van der Waals surface area contributed by atoms with Crippen LogP contribution >= 0.6 is 7.60 Å². The molecule has 0 atom stereocenters. The molecule has 17 heavy (non-hydrogen) atoms. The second kappa shape index (κ2) is 3.83. The van der Waals surface area contributed by atoms with Gasteiger partial charge in [0.15, 0.2) is 0 Å². The van der Waals surface area contributed by atoms with Crippen LogP contribution in [0, 0.1) is 0 Å². The monoisotopic (exact) mass is 292 g/mol. The van der Waals surface area contributed by atoms with Gasteiger partial charge in [0.25, 0.3) is 0 Å². The summed E-state index contributed by atoms with van der Waals surface area (Å²) < 4.78 is 96.9. The van der Waals surface area contributed by atoms with Gasteiger partial charge in [-0.25, -0.2) is 0 Å². The third-order valence-corrected chi connectivity index (χ3v) is 3.98. The van der Waals surface area contributed by atoms with Gasteiger partial charge in [-0.05, 0) is 13.8 Å². The first kappa shape index (κ1) is 16.7. The van der Waals surface area contributed by atoms with Crippen LogP contribution in [0.5, 0.6) is 0 Å². The fraction of sp³-hybridized carbons (Fsp3) is 1.00. The van der Waals surface area contributed by atoms with Gasteiger partial charge in [0, 0.05) is 0 Å². The van der Waals surface area contributed by atoms with Gasteiger partial charge in [0.1, 0.15) is 5.16 Å². The van der Waals surface area contributed by atoms with Crippen LogP contribution in [0.25, 0.3) is 0 Å². The first-order valence-electron chi connectivity index (χ1n) is 3.88. The lowest BCUT2D eigenvalue weighted by atomic mass is 9.98. The van der Waals surface area contributed by atoms with E-state index in [1.165, 1.54) is 0 Å². The largest absolute Gasteiger partial charge is 0.459 e. The maximum absolute atomic E-state index is 13.0. The van der Waals surface area contributed by atoms with E-state index in [0.717, 1.165) is 0 Å². The van der Waals surface area contributed by atoms with E-state index >= 15 is 0 Å². The third-order valence-electron chi connectivity index (χ3n) is 2.25. The molecule has 0 aromatic heterocycles. The molecule has 0 fully saturated rings. The summed E-state index contributed by atoms with van der Waals surface area (Å²) in [4.78, 5) is 16.9. The van der Waals surface area contributed by atoms with Crippen molar-refractivity contribution in [3.8, 4) is 0 Å². The molecule has 0 saturated carbocycles.